The fourth-order valence-electron chi connectivity index (χ4n) is 2.69. The Hall–Kier alpha value is -1.92. The number of anilines is 1. The van der Waals surface area contributed by atoms with Crippen molar-refractivity contribution in [2.45, 2.75) is 12.5 Å². The summed E-state index contributed by atoms with van der Waals surface area (Å²) in [5.74, 6) is -0.405. The minimum atomic E-state index is -0.409. The molecule has 2 amide bonds. The zero-order chi connectivity index (χ0) is 14.1. The lowest BCUT2D eigenvalue weighted by molar-refractivity contribution is -0.123. The van der Waals surface area contributed by atoms with Crippen LogP contribution in [-0.2, 0) is 14.3 Å². The lowest BCUT2D eigenvalue weighted by atomic mass is 10.2. The van der Waals surface area contributed by atoms with Gasteiger partial charge in [0.1, 0.15) is 5.75 Å². The van der Waals surface area contributed by atoms with E-state index in [-0.39, 0.29) is 24.0 Å². The molecule has 3 rings (SSSR count). The average molecular weight is 276 g/mol. The largest absolute Gasteiger partial charge is 0.508 e. The Labute approximate surface area is 116 Å². The molecule has 20 heavy (non-hydrogen) atoms. The van der Waals surface area contributed by atoms with Gasteiger partial charge in [-0.05, 0) is 12.1 Å². The number of ether oxygens (including phenoxy) is 1. The van der Waals surface area contributed by atoms with Gasteiger partial charge in [0.2, 0.25) is 5.91 Å². The van der Waals surface area contributed by atoms with E-state index in [0.717, 1.165) is 0 Å². The van der Waals surface area contributed by atoms with Gasteiger partial charge in [0.15, 0.2) is 0 Å². The lowest BCUT2D eigenvalue weighted by Crippen LogP contribution is -2.47. The summed E-state index contributed by atoms with van der Waals surface area (Å²) in [7, 11) is 0. The summed E-state index contributed by atoms with van der Waals surface area (Å²) in [6.07, 6.45) is 0.189. The number of benzene rings is 1. The van der Waals surface area contributed by atoms with Crippen molar-refractivity contribution in [1.82, 2.24) is 4.90 Å². The lowest BCUT2D eigenvalue weighted by Gasteiger charge is -2.30. The van der Waals surface area contributed by atoms with Crippen LogP contribution in [0.25, 0.3) is 0 Å². The minimum Gasteiger partial charge on any atom is -0.508 e. The quantitative estimate of drug-likeness (QED) is 0.790. The third-order valence-corrected chi connectivity index (χ3v) is 3.70. The van der Waals surface area contributed by atoms with Gasteiger partial charge in [-0.2, -0.15) is 0 Å². The van der Waals surface area contributed by atoms with Crippen LogP contribution in [0.2, 0.25) is 0 Å². The molecule has 2 aliphatic heterocycles. The Balaban J connectivity index is 1.83. The number of imide groups is 1. The van der Waals surface area contributed by atoms with Crippen LogP contribution in [0.5, 0.6) is 5.75 Å². The highest BCUT2D eigenvalue weighted by atomic mass is 16.5. The van der Waals surface area contributed by atoms with Gasteiger partial charge in [-0.15, -0.1) is 0 Å². The Kier molecular flexibility index (Phi) is 3.42. The summed E-state index contributed by atoms with van der Waals surface area (Å²) < 4.78 is 5.26. The third kappa shape index (κ3) is 2.28. The predicted molar refractivity (Wildman–Crippen MR) is 71.4 cm³/mol. The van der Waals surface area contributed by atoms with Crippen molar-refractivity contribution in [1.29, 1.82) is 0 Å². The van der Waals surface area contributed by atoms with Crippen LogP contribution < -0.4 is 4.90 Å². The molecule has 0 spiro atoms. The Morgan fingerprint density at radius 3 is 2.65 bits per heavy atom. The van der Waals surface area contributed by atoms with E-state index >= 15 is 0 Å². The molecule has 0 bridgehead atoms. The normalized spacial score (nSPS) is 24.4. The third-order valence-electron chi connectivity index (χ3n) is 3.70. The van der Waals surface area contributed by atoms with Gasteiger partial charge in [0, 0.05) is 19.2 Å². The number of morpholine rings is 1. The van der Waals surface area contributed by atoms with Crippen LogP contribution >= 0.6 is 0 Å². The molecular formula is C14H16N2O4. The second-order valence-electron chi connectivity index (χ2n) is 4.96. The number of hydrogen-bond acceptors (Lipinski definition) is 5. The molecule has 6 heteroatoms. The smallest absolute Gasteiger partial charge is 0.251 e. The van der Waals surface area contributed by atoms with E-state index in [1.165, 1.54) is 17.0 Å². The van der Waals surface area contributed by atoms with Crippen molar-refractivity contribution in [3.05, 3.63) is 24.3 Å². The van der Waals surface area contributed by atoms with Gasteiger partial charge in [0.25, 0.3) is 5.91 Å². The predicted octanol–water partition coefficient (Wildman–Crippen LogP) is 0.356. The summed E-state index contributed by atoms with van der Waals surface area (Å²) in [4.78, 5) is 27.7. The SMILES string of the molecule is O=C1CC(N2CCOCC2)C(=O)N1c1cccc(O)c1. The summed E-state index contributed by atoms with van der Waals surface area (Å²) in [6.45, 7) is 2.50. The van der Waals surface area contributed by atoms with Gasteiger partial charge in [-0.1, -0.05) is 6.07 Å². The molecule has 2 fully saturated rings. The number of rotatable bonds is 2. The van der Waals surface area contributed by atoms with Gasteiger partial charge >= 0.3 is 0 Å². The molecule has 6 nitrogen and oxygen atoms in total. The second-order valence-corrected chi connectivity index (χ2v) is 4.96. The number of carbonyl (C=O) groups is 2. The van der Waals surface area contributed by atoms with Crippen molar-refractivity contribution in [3.63, 3.8) is 0 Å². The van der Waals surface area contributed by atoms with E-state index in [0.29, 0.717) is 32.0 Å². The monoisotopic (exact) mass is 276 g/mol. The molecule has 1 atom stereocenters. The van der Waals surface area contributed by atoms with E-state index < -0.39 is 6.04 Å². The van der Waals surface area contributed by atoms with Gasteiger partial charge in [-0.25, -0.2) is 4.90 Å². The van der Waals surface area contributed by atoms with Crippen LogP contribution in [0.15, 0.2) is 24.3 Å². The van der Waals surface area contributed by atoms with Crippen LogP contribution in [0.1, 0.15) is 6.42 Å². The highest BCUT2D eigenvalue weighted by Crippen LogP contribution is 2.28. The molecule has 1 unspecified atom stereocenters. The average Bonchev–Trinajstić information content (AvgIpc) is 2.75. The Morgan fingerprint density at radius 2 is 1.95 bits per heavy atom. The number of phenolic OH excluding ortho intramolecular Hbond substituents is 1. The van der Waals surface area contributed by atoms with Crippen LogP contribution in [-0.4, -0.2) is 54.2 Å². The van der Waals surface area contributed by atoms with Crippen LogP contribution in [0.4, 0.5) is 5.69 Å². The molecule has 0 aliphatic carbocycles. The maximum Gasteiger partial charge on any atom is 0.251 e. The van der Waals surface area contributed by atoms with Crippen molar-refractivity contribution in [2.75, 3.05) is 31.2 Å². The number of aromatic hydroxyl groups is 1. The number of carbonyl (C=O) groups excluding carboxylic acids is 2. The first-order chi connectivity index (χ1) is 9.66. The first-order valence-corrected chi connectivity index (χ1v) is 6.64. The fraction of sp³-hybridized carbons (Fsp3) is 0.429. The van der Waals surface area contributed by atoms with E-state index in [2.05, 4.69) is 0 Å². The molecule has 0 saturated carbocycles. The summed E-state index contributed by atoms with van der Waals surface area (Å²) in [6, 6.07) is 5.80. The first kappa shape index (κ1) is 13.1. The second kappa shape index (κ2) is 5.22. The highest BCUT2D eigenvalue weighted by Gasteiger charge is 2.42. The van der Waals surface area contributed by atoms with E-state index in [4.69, 9.17) is 4.74 Å². The topological polar surface area (TPSA) is 70.1 Å². The first-order valence-electron chi connectivity index (χ1n) is 6.64. The van der Waals surface area contributed by atoms with Crippen molar-refractivity contribution in [2.24, 2.45) is 0 Å². The number of amides is 2. The maximum absolute atomic E-state index is 12.5. The Bertz CT molecular complexity index is 540. The molecule has 1 aromatic rings. The fourth-order valence-corrected chi connectivity index (χ4v) is 2.69. The number of hydrogen-bond donors (Lipinski definition) is 1. The summed E-state index contributed by atoms with van der Waals surface area (Å²) in [5, 5.41) is 9.48. The molecule has 1 aromatic carbocycles. The summed E-state index contributed by atoms with van der Waals surface area (Å²) >= 11 is 0. The van der Waals surface area contributed by atoms with E-state index in [9.17, 15) is 14.7 Å². The molecular weight excluding hydrogens is 260 g/mol. The summed E-state index contributed by atoms with van der Waals surface area (Å²) in [5.41, 5.74) is 0.427. The molecule has 0 aromatic heterocycles. The van der Waals surface area contributed by atoms with Crippen molar-refractivity contribution >= 4 is 17.5 Å². The van der Waals surface area contributed by atoms with Gasteiger partial charge < -0.3 is 9.84 Å². The van der Waals surface area contributed by atoms with Crippen molar-refractivity contribution in [3.8, 4) is 5.75 Å². The molecule has 1 N–H and O–H groups in total. The van der Waals surface area contributed by atoms with E-state index in [1.807, 2.05) is 4.90 Å². The molecule has 2 saturated heterocycles. The standard InChI is InChI=1S/C14H16N2O4/c17-11-3-1-2-10(8-11)16-13(18)9-12(14(16)19)15-4-6-20-7-5-15/h1-3,8,12,17H,4-7,9H2. The molecule has 2 heterocycles. The van der Waals surface area contributed by atoms with Crippen LogP contribution in [0, 0.1) is 0 Å². The Morgan fingerprint density at radius 1 is 1.20 bits per heavy atom. The van der Waals surface area contributed by atoms with Crippen LogP contribution in [0.3, 0.4) is 0 Å². The molecule has 0 radical (unpaired) electrons. The van der Waals surface area contributed by atoms with Gasteiger partial charge in [-0.3, -0.25) is 14.5 Å². The maximum atomic E-state index is 12.5. The zero-order valence-electron chi connectivity index (χ0n) is 11.0. The van der Waals surface area contributed by atoms with Crippen molar-refractivity contribution < 1.29 is 19.4 Å². The molecule has 106 valence electrons. The number of nitrogens with zero attached hydrogens (tertiary/aromatic N) is 2. The van der Waals surface area contributed by atoms with Gasteiger partial charge in [0.05, 0.1) is 31.4 Å². The zero-order valence-corrected chi connectivity index (χ0v) is 11.0. The minimum absolute atomic E-state index is 0.0397. The van der Waals surface area contributed by atoms with E-state index in [1.54, 1.807) is 12.1 Å². The highest BCUT2D eigenvalue weighted by molar-refractivity contribution is 6.22. The number of phenols is 1. The molecule has 2 aliphatic rings.